The van der Waals surface area contributed by atoms with Crippen molar-refractivity contribution in [2.45, 2.75) is 66.2 Å². The molecule has 0 aromatic heterocycles. The molecule has 0 saturated heterocycles. The molecule has 3 rings (SSSR count). The third-order valence-electron chi connectivity index (χ3n) is 8.00. The number of carboxylic acids is 2. The van der Waals surface area contributed by atoms with Crippen LogP contribution in [-0.4, -0.2) is 79.0 Å². The van der Waals surface area contributed by atoms with Gasteiger partial charge in [0.25, 0.3) is 0 Å². The fourth-order valence-corrected chi connectivity index (χ4v) is 6.01. The molecular weight excluding hydrogens is 575 g/mol. The van der Waals surface area contributed by atoms with E-state index in [4.69, 9.17) is 0 Å². The van der Waals surface area contributed by atoms with Crippen molar-refractivity contribution >= 4 is 42.5 Å². The van der Waals surface area contributed by atoms with Crippen LogP contribution in [0.4, 0.5) is 0 Å². The predicted molar refractivity (Wildman–Crippen MR) is 174 cm³/mol. The van der Waals surface area contributed by atoms with Crippen LogP contribution < -0.4 is 0 Å². The summed E-state index contributed by atoms with van der Waals surface area (Å²) in [5.41, 5.74) is 3.37. The van der Waals surface area contributed by atoms with Gasteiger partial charge in [-0.15, -0.1) is 24.8 Å². The van der Waals surface area contributed by atoms with E-state index in [0.717, 1.165) is 49.9 Å². The molecule has 0 radical (unpaired) electrons. The molecule has 0 saturated carbocycles. The Kier molecular flexibility index (Phi) is 13.3. The van der Waals surface area contributed by atoms with E-state index in [0.29, 0.717) is 35.1 Å². The van der Waals surface area contributed by atoms with Crippen molar-refractivity contribution < 1.29 is 24.6 Å². The lowest BCUT2D eigenvalue weighted by Gasteiger charge is -2.30. The number of fused-ring (bicyclic) bond motifs is 3. The Morgan fingerprint density at radius 3 is 1.74 bits per heavy atom. The Labute approximate surface area is 263 Å². The first-order valence-electron chi connectivity index (χ1n) is 14.2. The molecule has 1 aliphatic rings. The number of nitrogens with zero attached hydrogens (tertiary/aromatic N) is 2. The van der Waals surface area contributed by atoms with E-state index < -0.39 is 11.9 Å². The van der Waals surface area contributed by atoms with Crippen LogP contribution in [0, 0.1) is 10.8 Å². The summed E-state index contributed by atoms with van der Waals surface area (Å²) in [4.78, 5) is 42.7. The summed E-state index contributed by atoms with van der Waals surface area (Å²) in [5.74, 6) is -2.40. The van der Waals surface area contributed by atoms with Gasteiger partial charge in [0.15, 0.2) is 5.78 Å². The molecule has 0 heterocycles. The lowest BCUT2D eigenvalue weighted by atomic mass is 9.74. The smallest absolute Gasteiger partial charge is 0.336 e. The van der Waals surface area contributed by atoms with Crippen molar-refractivity contribution in [3.05, 3.63) is 57.6 Å². The SMILES string of the molecule is CN(C)CCCC(C)(C)Cc1cc2c(c(CC(C)(C)CCCN(C)C)c1C(=O)O)C(=O)c1cc(C(=O)O)ccc1-2.Cl.Cl. The molecule has 0 fully saturated rings. The quantitative estimate of drug-likeness (QED) is 0.200. The average molecular weight is 624 g/mol. The van der Waals surface area contributed by atoms with Crippen molar-refractivity contribution in [3.8, 4) is 11.1 Å². The first-order chi connectivity index (χ1) is 18.5. The van der Waals surface area contributed by atoms with Gasteiger partial charge in [-0.3, -0.25) is 4.79 Å². The summed E-state index contributed by atoms with van der Waals surface area (Å²) < 4.78 is 0. The minimum absolute atomic E-state index is 0. The van der Waals surface area contributed by atoms with Crippen LogP contribution in [0.5, 0.6) is 0 Å². The van der Waals surface area contributed by atoms with Crippen LogP contribution in [0.3, 0.4) is 0 Å². The standard InChI is InChI=1S/C33H46N2O5.2ClH/c1-32(2,13-9-15-34(5)6)19-22-18-24-23-12-11-21(30(37)38)17-25(23)29(36)28(24)26(27(22)31(39)40)20-33(3,4)14-10-16-35(7)8;;/h11-12,17-18H,9-10,13-16,19-20H2,1-8H3,(H,37,38)(H,39,40);2*1H. The number of aromatic carboxylic acids is 2. The van der Waals surface area contributed by atoms with E-state index in [1.54, 1.807) is 6.07 Å². The van der Waals surface area contributed by atoms with E-state index in [1.165, 1.54) is 12.1 Å². The Morgan fingerprint density at radius 1 is 0.738 bits per heavy atom. The second-order valence-electron chi connectivity index (χ2n) is 13.5. The second-order valence-corrected chi connectivity index (χ2v) is 13.5. The van der Waals surface area contributed by atoms with Crippen molar-refractivity contribution in [1.82, 2.24) is 9.80 Å². The molecule has 0 atom stereocenters. The van der Waals surface area contributed by atoms with Gasteiger partial charge in [0.2, 0.25) is 0 Å². The van der Waals surface area contributed by atoms with E-state index in [-0.39, 0.29) is 52.6 Å². The zero-order valence-electron chi connectivity index (χ0n) is 26.3. The number of halogens is 2. The highest BCUT2D eigenvalue weighted by Crippen LogP contribution is 2.45. The maximum atomic E-state index is 13.9. The van der Waals surface area contributed by atoms with E-state index >= 15 is 0 Å². The van der Waals surface area contributed by atoms with E-state index in [2.05, 4.69) is 37.5 Å². The molecule has 42 heavy (non-hydrogen) atoms. The number of carbonyl (C=O) groups is 3. The first kappa shape index (κ1) is 37.6. The molecule has 0 aliphatic heterocycles. The summed E-state index contributed by atoms with van der Waals surface area (Å²) in [7, 11) is 8.17. The van der Waals surface area contributed by atoms with Gasteiger partial charge >= 0.3 is 11.9 Å². The summed E-state index contributed by atoms with van der Waals surface area (Å²) in [6, 6.07) is 6.53. The Hall–Kier alpha value is -2.45. The molecule has 2 aromatic rings. The lowest BCUT2D eigenvalue weighted by molar-refractivity contribution is 0.0683. The van der Waals surface area contributed by atoms with Crippen molar-refractivity contribution in [2.75, 3.05) is 41.3 Å². The normalized spacial score (nSPS) is 12.6. The van der Waals surface area contributed by atoms with Gasteiger partial charge in [0.05, 0.1) is 11.1 Å². The average Bonchev–Trinajstić information content (AvgIpc) is 3.08. The minimum Gasteiger partial charge on any atom is -0.478 e. The molecule has 0 spiro atoms. The molecule has 7 nitrogen and oxygen atoms in total. The minimum atomic E-state index is -1.10. The molecule has 1 aliphatic carbocycles. The fraction of sp³-hybridized carbons (Fsp3) is 0.545. The van der Waals surface area contributed by atoms with Crippen LogP contribution >= 0.6 is 24.8 Å². The highest BCUT2D eigenvalue weighted by Gasteiger charge is 2.37. The third-order valence-corrected chi connectivity index (χ3v) is 8.00. The van der Waals surface area contributed by atoms with Crippen LogP contribution in [0.25, 0.3) is 11.1 Å². The molecule has 0 amide bonds. The van der Waals surface area contributed by atoms with Crippen LogP contribution in [0.1, 0.15) is 101 Å². The van der Waals surface area contributed by atoms with Crippen molar-refractivity contribution in [2.24, 2.45) is 10.8 Å². The van der Waals surface area contributed by atoms with Gasteiger partial charge in [-0.25, -0.2) is 9.59 Å². The summed E-state index contributed by atoms with van der Waals surface area (Å²) in [6.45, 7) is 10.5. The van der Waals surface area contributed by atoms with Gasteiger partial charge in [-0.1, -0.05) is 33.8 Å². The van der Waals surface area contributed by atoms with Gasteiger partial charge in [-0.05, 0) is 131 Å². The lowest BCUT2D eigenvalue weighted by Crippen LogP contribution is -2.24. The van der Waals surface area contributed by atoms with Gasteiger partial charge in [0, 0.05) is 11.1 Å². The highest BCUT2D eigenvalue weighted by molar-refractivity contribution is 6.24. The first-order valence-corrected chi connectivity index (χ1v) is 14.2. The van der Waals surface area contributed by atoms with Crippen LogP contribution in [0.2, 0.25) is 0 Å². The molecule has 2 N–H and O–H groups in total. The van der Waals surface area contributed by atoms with Crippen LogP contribution in [-0.2, 0) is 12.8 Å². The molecule has 9 heteroatoms. The summed E-state index contributed by atoms with van der Waals surface area (Å²) in [6.07, 6.45) is 4.79. The number of benzene rings is 2. The Bertz CT molecular complexity index is 1300. The number of ketones is 1. The number of carboxylic acid groups (broad SMARTS) is 2. The third kappa shape index (κ3) is 9.03. The highest BCUT2D eigenvalue weighted by atomic mass is 35.5. The maximum Gasteiger partial charge on any atom is 0.336 e. The molecule has 0 bridgehead atoms. The summed E-state index contributed by atoms with van der Waals surface area (Å²) in [5, 5.41) is 20.1. The number of rotatable bonds is 14. The Morgan fingerprint density at radius 2 is 1.26 bits per heavy atom. The van der Waals surface area contributed by atoms with Gasteiger partial charge in [-0.2, -0.15) is 0 Å². The fourth-order valence-electron chi connectivity index (χ4n) is 6.01. The molecular formula is C33H48Cl2N2O5. The molecule has 234 valence electrons. The van der Waals surface area contributed by atoms with Crippen molar-refractivity contribution in [1.29, 1.82) is 0 Å². The van der Waals surface area contributed by atoms with E-state index in [1.807, 2.05) is 34.3 Å². The second kappa shape index (κ2) is 14.8. The number of hydrogen-bond donors (Lipinski definition) is 2. The zero-order valence-corrected chi connectivity index (χ0v) is 27.9. The largest absolute Gasteiger partial charge is 0.478 e. The monoisotopic (exact) mass is 622 g/mol. The topological polar surface area (TPSA) is 98.2 Å². The number of carbonyl (C=O) groups excluding carboxylic acids is 1. The van der Waals surface area contributed by atoms with Crippen LogP contribution in [0.15, 0.2) is 24.3 Å². The Balaban J connectivity index is 0.00000441. The molecule has 0 unspecified atom stereocenters. The van der Waals surface area contributed by atoms with E-state index in [9.17, 15) is 24.6 Å². The zero-order chi connectivity index (χ0) is 30.0. The molecule has 2 aromatic carbocycles. The number of hydrogen-bond acceptors (Lipinski definition) is 5. The van der Waals surface area contributed by atoms with Gasteiger partial charge in [0.1, 0.15) is 0 Å². The van der Waals surface area contributed by atoms with Crippen molar-refractivity contribution in [3.63, 3.8) is 0 Å². The maximum absolute atomic E-state index is 13.9. The summed E-state index contributed by atoms with van der Waals surface area (Å²) >= 11 is 0. The predicted octanol–water partition coefficient (Wildman–Crippen LogP) is 6.96. The van der Waals surface area contributed by atoms with Gasteiger partial charge < -0.3 is 20.0 Å².